The molecule has 0 spiro atoms. The summed E-state index contributed by atoms with van der Waals surface area (Å²) in [6.07, 6.45) is 6.87. The van der Waals surface area contributed by atoms with E-state index in [1.54, 1.807) is 21.8 Å². The van der Waals surface area contributed by atoms with Crippen LogP contribution >= 0.6 is 0 Å². The lowest BCUT2D eigenvalue weighted by Gasteiger charge is -2.40. The van der Waals surface area contributed by atoms with Gasteiger partial charge in [-0.05, 0) is 64.2 Å². The van der Waals surface area contributed by atoms with Gasteiger partial charge < -0.3 is 9.64 Å². The number of carbonyl (C=O) groups is 1. The summed E-state index contributed by atoms with van der Waals surface area (Å²) in [6, 6.07) is 4.08. The van der Waals surface area contributed by atoms with Crippen LogP contribution in [0.1, 0.15) is 57.6 Å². The number of hydrogen-bond donors (Lipinski definition) is 1. The number of H-pyrrole nitrogens is 1. The third-order valence-electron chi connectivity index (χ3n) is 6.56. The van der Waals surface area contributed by atoms with Crippen molar-refractivity contribution in [2.75, 3.05) is 19.6 Å². The Morgan fingerprint density at radius 3 is 2.69 bits per heavy atom. The summed E-state index contributed by atoms with van der Waals surface area (Å²) < 4.78 is 8.77. The Morgan fingerprint density at radius 2 is 2.00 bits per heavy atom. The molecule has 0 bridgehead atoms. The number of piperazine rings is 1. The molecule has 2 aliphatic rings. The number of nitrogens with one attached hydrogen (secondary N) is 1. The van der Waals surface area contributed by atoms with Gasteiger partial charge in [0.05, 0.1) is 17.4 Å². The van der Waals surface area contributed by atoms with Gasteiger partial charge in [-0.15, -0.1) is 0 Å². The zero-order chi connectivity index (χ0) is 24.9. The summed E-state index contributed by atoms with van der Waals surface area (Å²) >= 11 is 0. The maximum atomic E-state index is 12.6. The van der Waals surface area contributed by atoms with Crippen LogP contribution in [0.4, 0.5) is 4.79 Å². The molecule has 3 aromatic rings. The summed E-state index contributed by atoms with van der Waals surface area (Å²) in [5.41, 5.74) is 1.88. The van der Waals surface area contributed by atoms with Crippen molar-refractivity contribution in [3.8, 4) is 5.69 Å². The minimum absolute atomic E-state index is 0.0356. The molecular formula is C25H32N6O4. The van der Waals surface area contributed by atoms with E-state index in [1.807, 2.05) is 46.0 Å². The SMILES string of the molecule is C[C@H]1CN(Cc2ccn3ncc(-n4cc(C5CC5)c(=O)[nH]c4=O)c3c2)CCN1C(=O)OC(C)(C)C. The average Bonchev–Trinajstić information content (AvgIpc) is 3.52. The van der Waals surface area contributed by atoms with Crippen LogP contribution in [0.15, 0.2) is 40.3 Å². The molecule has 0 aromatic carbocycles. The molecule has 1 amide bonds. The maximum Gasteiger partial charge on any atom is 0.410 e. The molecule has 3 aromatic heterocycles. The fourth-order valence-corrected chi connectivity index (χ4v) is 4.67. The summed E-state index contributed by atoms with van der Waals surface area (Å²) in [7, 11) is 0. The lowest BCUT2D eigenvalue weighted by atomic mass is 10.1. The molecule has 5 rings (SSSR count). The van der Waals surface area contributed by atoms with Gasteiger partial charge in [-0.1, -0.05) is 0 Å². The number of ether oxygens (including phenoxy) is 1. The van der Waals surface area contributed by atoms with Gasteiger partial charge in [0.25, 0.3) is 5.56 Å². The van der Waals surface area contributed by atoms with E-state index in [4.69, 9.17) is 4.74 Å². The van der Waals surface area contributed by atoms with Crippen molar-refractivity contribution in [2.24, 2.45) is 0 Å². The van der Waals surface area contributed by atoms with Gasteiger partial charge in [0, 0.05) is 50.2 Å². The predicted molar refractivity (Wildman–Crippen MR) is 131 cm³/mol. The zero-order valence-electron chi connectivity index (χ0n) is 20.7. The molecule has 186 valence electrons. The second-order valence-electron chi connectivity index (χ2n) is 10.6. The number of amides is 1. The van der Waals surface area contributed by atoms with Crippen LogP contribution in [0.3, 0.4) is 0 Å². The van der Waals surface area contributed by atoms with Crippen molar-refractivity contribution in [3.63, 3.8) is 0 Å². The smallest absolute Gasteiger partial charge is 0.410 e. The van der Waals surface area contributed by atoms with Crippen LogP contribution < -0.4 is 11.2 Å². The first-order chi connectivity index (χ1) is 16.6. The van der Waals surface area contributed by atoms with Crippen molar-refractivity contribution in [3.05, 3.63) is 62.7 Å². The van der Waals surface area contributed by atoms with Gasteiger partial charge in [0.15, 0.2) is 0 Å². The Labute approximate surface area is 203 Å². The first kappa shape index (κ1) is 23.3. The lowest BCUT2D eigenvalue weighted by Crippen LogP contribution is -2.54. The van der Waals surface area contributed by atoms with Crippen LogP contribution in [0.5, 0.6) is 0 Å². The van der Waals surface area contributed by atoms with E-state index < -0.39 is 11.3 Å². The Bertz CT molecular complexity index is 1380. The fraction of sp³-hybridized carbons (Fsp3) is 0.520. The highest BCUT2D eigenvalue weighted by atomic mass is 16.6. The van der Waals surface area contributed by atoms with Gasteiger partial charge in [-0.2, -0.15) is 5.10 Å². The van der Waals surface area contributed by atoms with Crippen molar-refractivity contribution < 1.29 is 9.53 Å². The molecule has 1 aliphatic heterocycles. The van der Waals surface area contributed by atoms with Gasteiger partial charge in [0.1, 0.15) is 5.60 Å². The number of carbonyl (C=O) groups excluding carboxylic acids is 1. The van der Waals surface area contributed by atoms with Gasteiger partial charge >= 0.3 is 11.8 Å². The van der Waals surface area contributed by atoms with Gasteiger partial charge in [-0.25, -0.2) is 14.1 Å². The number of hydrogen-bond acceptors (Lipinski definition) is 6. The number of aromatic amines is 1. The molecular weight excluding hydrogens is 448 g/mol. The predicted octanol–water partition coefficient (Wildman–Crippen LogP) is 2.49. The number of pyridine rings is 1. The highest BCUT2D eigenvalue weighted by molar-refractivity contribution is 5.68. The highest BCUT2D eigenvalue weighted by Crippen LogP contribution is 2.38. The van der Waals surface area contributed by atoms with E-state index in [2.05, 4.69) is 15.0 Å². The molecule has 2 fully saturated rings. The van der Waals surface area contributed by atoms with Crippen LogP contribution in [0.2, 0.25) is 0 Å². The Balaban J connectivity index is 1.35. The summed E-state index contributed by atoms with van der Waals surface area (Å²) in [6.45, 7) is 10.5. The second kappa shape index (κ2) is 8.67. The Kier molecular flexibility index (Phi) is 5.79. The molecule has 10 nitrogen and oxygen atoms in total. The number of aromatic nitrogens is 4. The molecule has 0 radical (unpaired) electrons. The van der Waals surface area contributed by atoms with E-state index in [1.165, 1.54) is 4.57 Å². The molecule has 4 heterocycles. The quantitative estimate of drug-likeness (QED) is 0.615. The normalized spacial score (nSPS) is 19.3. The molecule has 1 saturated carbocycles. The van der Waals surface area contributed by atoms with E-state index in [0.717, 1.165) is 37.0 Å². The number of rotatable bonds is 4. The first-order valence-electron chi connectivity index (χ1n) is 12.1. The second-order valence-corrected chi connectivity index (χ2v) is 10.6. The van der Waals surface area contributed by atoms with Gasteiger partial charge in [0.2, 0.25) is 0 Å². The van der Waals surface area contributed by atoms with Crippen LogP contribution in [0, 0.1) is 0 Å². The van der Waals surface area contributed by atoms with E-state index in [0.29, 0.717) is 24.3 Å². The Morgan fingerprint density at radius 1 is 1.23 bits per heavy atom. The first-order valence-corrected chi connectivity index (χ1v) is 12.1. The summed E-state index contributed by atoms with van der Waals surface area (Å²) in [5, 5.41) is 4.40. The molecule has 1 aliphatic carbocycles. The highest BCUT2D eigenvalue weighted by Gasteiger charge is 2.31. The maximum absolute atomic E-state index is 12.6. The van der Waals surface area contributed by atoms with E-state index in [9.17, 15) is 14.4 Å². The largest absolute Gasteiger partial charge is 0.444 e. The van der Waals surface area contributed by atoms with Crippen molar-refractivity contribution in [2.45, 2.75) is 64.6 Å². The molecule has 1 saturated heterocycles. The molecule has 0 unspecified atom stereocenters. The molecule has 1 atom stereocenters. The zero-order valence-corrected chi connectivity index (χ0v) is 20.7. The minimum atomic E-state index is -0.514. The van der Waals surface area contributed by atoms with Crippen LogP contribution in [-0.4, -0.2) is 66.3 Å². The van der Waals surface area contributed by atoms with Crippen LogP contribution in [0.25, 0.3) is 11.2 Å². The van der Waals surface area contributed by atoms with Crippen molar-refractivity contribution in [1.82, 2.24) is 29.0 Å². The van der Waals surface area contributed by atoms with Crippen LogP contribution in [-0.2, 0) is 11.3 Å². The minimum Gasteiger partial charge on any atom is -0.444 e. The third kappa shape index (κ3) is 4.88. The average molecular weight is 481 g/mol. The number of fused-ring (bicyclic) bond motifs is 1. The van der Waals surface area contributed by atoms with Gasteiger partial charge in [-0.3, -0.25) is 19.2 Å². The van der Waals surface area contributed by atoms with Crippen molar-refractivity contribution in [1.29, 1.82) is 0 Å². The van der Waals surface area contributed by atoms with E-state index in [-0.39, 0.29) is 23.6 Å². The monoisotopic (exact) mass is 480 g/mol. The third-order valence-corrected chi connectivity index (χ3v) is 6.56. The molecule has 10 heteroatoms. The lowest BCUT2D eigenvalue weighted by molar-refractivity contribution is 0.000562. The molecule has 1 N–H and O–H groups in total. The molecule has 35 heavy (non-hydrogen) atoms. The standard InChI is InChI=1S/C25H32N6O4/c1-16-13-28(9-10-29(16)24(34)35-25(2,3)4)14-17-7-8-31-20(11-17)21(12-26-31)30-15-19(18-5-6-18)22(32)27-23(30)33/h7-8,11-12,15-16,18H,5-6,9-10,13-14H2,1-4H3,(H,27,32,33)/t16-/m0/s1. The fourth-order valence-electron chi connectivity index (χ4n) is 4.67. The topological polar surface area (TPSA) is 105 Å². The van der Waals surface area contributed by atoms with E-state index >= 15 is 0 Å². The summed E-state index contributed by atoms with van der Waals surface area (Å²) in [5.74, 6) is 0.226. The Hall–Kier alpha value is -3.40. The van der Waals surface area contributed by atoms with Crippen molar-refractivity contribution >= 4 is 11.6 Å². The summed E-state index contributed by atoms with van der Waals surface area (Å²) in [4.78, 5) is 43.9. The number of nitrogens with zero attached hydrogens (tertiary/aromatic N) is 5.